The second-order valence-corrected chi connectivity index (χ2v) is 6.54. The summed E-state index contributed by atoms with van der Waals surface area (Å²) in [7, 11) is 0. The Morgan fingerprint density at radius 1 is 1.12 bits per heavy atom. The Kier molecular flexibility index (Phi) is 4.88. The van der Waals surface area contributed by atoms with Gasteiger partial charge in [-0.2, -0.15) is 5.06 Å². The molecule has 1 atom stereocenters. The van der Waals surface area contributed by atoms with Crippen molar-refractivity contribution in [1.82, 2.24) is 9.96 Å². The number of hydrogen-bond acceptors (Lipinski definition) is 3. The largest absolute Gasteiger partial charge is 0.302 e. The van der Waals surface area contributed by atoms with Crippen molar-refractivity contribution in [2.45, 2.75) is 6.17 Å². The van der Waals surface area contributed by atoms with Crippen LogP contribution >= 0.6 is 34.8 Å². The maximum atomic E-state index is 13.4. The van der Waals surface area contributed by atoms with E-state index in [1.165, 1.54) is 24.3 Å². The summed E-state index contributed by atoms with van der Waals surface area (Å²) >= 11 is 17.9. The molecule has 2 aromatic carbocycles. The number of amides is 2. The van der Waals surface area contributed by atoms with Crippen molar-refractivity contribution in [3.05, 3.63) is 68.4 Å². The first-order chi connectivity index (χ1) is 11.8. The molecule has 0 bridgehead atoms. The second kappa shape index (κ2) is 6.80. The highest BCUT2D eigenvalue weighted by Crippen LogP contribution is 2.35. The fourth-order valence-electron chi connectivity index (χ4n) is 2.60. The average Bonchev–Trinajstić information content (AvgIpc) is 2.85. The molecule has 1 saturated heterocycles. The molecule has 3 rings (SSSR count). The summed E-state index contributed by atoms with van der Waals surface area (Å²) in [6.07, 6.45) is -1.18. The van der Waals surface area contributed by atoms with E-state index in [0.717, 1.165) is 11.0 Å². The third kappa shape index (κ3) is 3.18. The van der Waals surface area contributed by atoms with Crippen molar-refractivity contribution in [3.8, 4) is 0 Å². The minimum Gasteiger partial charge on any atom is -0.302 e. The normalized spacial score (nSPS) is 17.3. The fourth-order valence-corrected chi connectivity index (χ4v) is 3.34. The molecule has 2 aromatic rings. The van der Waals surface area contributed by atoms with E-state index in [4.69, 9.17) is 34.8 Å². The van der Waals surface area contributed by atoms with Crippen LogP contribution in [-0.4, -0.2) is 33.5 Å². The van der Waals surface area contributed by atoms with Gasteiger partial charge in [0.05, 0.1) is 20.6 Å². The molecule has 1 fully saturated rings. The predicted octanol–water partition coefficient (Wildman–Crippen LogP) is 4.16. The molecule has 130 valence electrons. The highest BCUT2D eigenvalue weighted by molar-refractivity contribution is 6.39. The smallest absolute Gasteiger partial charge is 0.267 e. The third-order valence-corrected chi connectivity index (χ3v) is 4.69. The molecule has 9 heteroatoms. The standard InChI is InChI=1S/C16H10Cl3FN2O3/c17-9-2-1-3-10(18)14(9)16(24)21-7-13(23)22(25)15(21)8-4-5-12(20)11(19)6-8/h1-6,15,25H,7H2. The monoisotopic (exact) mass is 402 g/mol. The number of halogens is 4. The third-order valence-electron chi connectivity index (χ3n) is 3.77. The first-order valence-corrected chi connectivity index (χ1v) is 8.15. The van der Waals surface area contributed by atoms with Gasteiger partial charge in [0.25, 0.3) is 11.8 Å². The van der Waals surface area contributed by atoms with Crippen molar-refractivity contribution in [2.24, 2.45) is 0 Å². The minimum atomic E-state index is -1.18. The summed E-state index contributed by atoms with van der Waals surface area (Å²) in [6.45, 7) is -0.392. The molecule has 1 aliphatic heterocycles. The van der Waals surface area contributed by atoms with Gasteiger partial charge < -0.3 is 4.90 Å². The van der Waals surface area contributed by atoms with E-state index in [1.807, 2.05) is 0 Å². The van der Waals surface area contributed by atoms with Crippen LogP contribution in [0.1, 0.15) is 22.1 Å². The summed E-state index contributed by atoms with van der Waals surface area (Å²) in [5.74, 6) is -2.01. The SMILES string of the molecule is O=C1CN(C(=O)c2c(Cl)cccc2Cl)C(c2ccc(F)c(Cl)c2)N1O. The first-order valence-electron chi connectivity index (χ1n) is 7.02. The van der Waals surface area contributed by atoms with E-state index in [9.17, 15) is 19.2 Å². The number of hydrogen-bond donors (Lipinski definition) is 1. The van der Waals surface area contributed by atoms with Gasteiger partial charge in [0.1, 0.15) is 12.4 Å². The van der Waals surface area contributed by atoms with Crippen molar-refractivity contribution in [2.75, 3.05) is 6.54 Å². The first kappa shape index (κ1) is 17.9. The maximum absolute atomic E-state index is 13.4. The lowest BCUT2D eigenvalue weighted by Gasteiger charge is -2.27. The molecule has 1 aliphatic rings. The summed E-state index contributed by atoms with van der Waals surface area (Å²) in [5, 5.41) is 10.5. The predicted molar refractivity (Wildman–Crippen MR) is 90.3 cm³/mol. The molecule has 0 spiro atoms. The molecule has 25 heavy (non-hydrogen) atoms. The zero-order chi connectivity index (χ0) is 18.3. The van der Waals surface area contributed by atoms with Crippen molar-refractivity contribution >= 4 is 46.6 Å². The van der Waals surface area contributed by atoms with E-state index < -0.39 is 30.3 Å². The Balaban J connectivity index is 2.05. The topological polar surface area (TPSA) is 60.9 Å². The van der Waals surface area contributed by atoms with Gasteiger partial charge in [-0.1, -0.05) is 46.9 Å². The average molecular weight is 404 g/mol. The van der Waals surface area contributed by atoms with Gasteiger partial charge in [-0.15, -0.1) is 0 Å². The van der Waals surface area contributed by atoms with Crippen LogP contribution in [-0.2, 0) is 4.79 Å². The highest BCUT2D eigenvalue weighted by atomic mass is 35.5. The van der Waals surface area contributed by atoms with Gasteiger partial charge in [-0.25, -0.2) is 4.39 Å². The zero-order valence-electron chi connectivity index (χ0n) is 12.4. The van der Waals surface area contributed by atoms with Crippen LogP contribution in [0, 0.1) is 5.82 Å². The molecule has 1 heterocycles. The van der Waals surface area contributed by atoms with Crippen LogP contribution in [0.3, 0.4) is 0 Å². The quantitative estimate of drug-likeness (QED) is 0.766. The summed E-state index contributed by atoms with van der Waals surface area (Å²) in [4.78, 5) is 25.9. The van der Waals surface area contributed by atoms with Gasteiger partial charge >= 0.3 is 0 Å². The molecule has 2 amide bonds. The maximum Gasteiger partial charge on any atom is 0.267 e. The lowest BCUT2D eigenvalue weighted by molar-refractivity contribution is -0.168. The molecule has 1 unspecified atom stereocenters. The lowest BCUT2D eigenvalue weighted by atomic mass is 10.1. The van der Waals surface area contributed by atoms with Crippen molar-refractivity contribution in [3.63, 3.8) is 0 Å². The Hall–Kier alpha value is -1.86. The Labute approximate surface area is 157 Å². The van der Waals surface area contributed by atoms with E-state index >= 15 is 0 Å². The molecule has 0 aliphatic carbocycles. The van der Waals surface area contributed by atoms with E-state index in [2.05, 4.69) is 0 Å². The van der Waals surface area contributed by atoms with Crippen LogP contribution in [0.2, 0.25) is 15.1 Å². The molecule has 0 aromatic heterocycles. The number of hydroxylamine groups is 2. The van der Waals surface area contributed by atoms with Gasteiger partial charge in [-0.3, -0.25) is 14.8 Å². The number of nitrogens with zero attached hydrogens (tertiary/aromatic N) is 2. The van der Waals surface area contributed by atoms with Gasteiger partial charge in [0, 0.05) is 0 Å². The second-order valence-electron chi connectivity index (χ2n) is 5.32. The van der Waals surface area contributed by atoms with Crippen LogP contribution in [0.25, 0.3) is 0 Å². The zero-order valence-corrected chi connectivity index (χ0v) is 14.7. The van der Waals surface area contributed by atoms with Crippen LogP contribution in [0.15, 0.2) is 36.4 Å². The molecular formula is C16H10Cl3FN2O3. The van der Waals surface area contributed by atoms with E-state index in [-0.39, 0.29) is 26.2 Å². The minimum absolute atomic E-state index is 0.00661. The van der Waals surface area contributed by atoms with Gasteiger partial charge in [0.2, 0.25) is 0 Å². The molecule has 0 radical (unpaired) electrons. The Bertz CT molecular complexity index is 857. The number of benzene rings is 2. The van der Waals surface area contributed by atoms with E-state index in [1.54, 1.807) is 6.07 Å². The molecule has 5 nitrogen and oxygen atoms in total. The van der Waals surface area contributed by atoms with Crippen LogP contribution < -0.4 is 0 Å². The summed E-state index contributed by atoms with van der Waals surface area (Å²) in [5.41, 5.74) is 0.267. The molecule has 0 saturated carbocycles. The molecular weight excluding hydrogens is 394 g/mol. The van der Waals surface area contributed by atoms with Gasteiger partial charge in [-0.05, 0) is 29.8 Å². The van der Waals surface area contributed by atoms with E-state index in [0.29, 0.717) is 5.06 Å². The van der Waals surface area contributed by atoms with Crippen LogP contribution in [0.4, 0.5) is 4.39 Å². The summed E-state index contributed by atoms with van der Waals surface area (Å²) in [6, 6.07) is 8.18. The number of rotatable bonds is 2. The number of carbonyl (C=O) groups excluding carboxylic acids is 2. The van der Waals surface area contributed by atoms with Crippen molar-refractivity contribution < 1.29 is 19.2 Å². The Morgan fingerprint density at radius 3 is 2.36 bits per heavy atom. The Morgan fingerprint density at radius 2 is 1.76 bits per heavy atom. The van der Waals surface area contributed by atoms with Crippen molar-refractivity contribution in [1.29, 1.82) is 0 Å². The summed E-state index contributed by atoms with van der Waals surface area (Å²) < 4.78 is 13.4. The lowest BCUT2D eigenvalue weighted by Crippen LogP contribution is -2.34. The number of carbonyl (C=O) groups is 2. The molecule has 1 N–H and O–H groups in total. The highest BCUT2D eigenvalue weighted by Gasteiger charge is 2.42. The fraction of sp³-hybridized carbons (Fsp3) is 0.125. The van der Waals surface area contributed by atoms with Gasteiger partial charge in [0.15, 0.2) is 6.17 Å². The van der Waals surface area contributed by atoms with Crippen LogP contribution in [0.5, 0.6) is 0 Å².